The number of carbonyl (C=O) groups is 6. The van der Waals surface area contributed by atoms with Gasteiger partial charge in [0, 0.05) is 31.9 Å². The quantitative estimate of drug-likeness (QED) is 0.105. The number of nitrogens with zero attached hydrogens (tertiary/aromatic N) is 3. The first-order valence-corrected chi connectivity index (χ1v) is 13.9. The van der Waals surface area contributed by atoms with Crippen molar-refractivity contribution >= 4 is 35.9 Å². The summed E-state index contributed by atoms with van der Waals surface area (Å²) in [6, 6.07) is 0.318. The van der Waals surface area contributed by atoms with E-state index >= 15 is 0 Å². The highest BCUT2D eigenvalue weighted by Gasteiger charge is 2.40. The molecule has 44 heavy (non-hydrogen) atoms. The number of aromatic amines is 1. The van der Waals surface area contributed by atoms with E-state index in [1.807, 2.05) is 0 Å². The number of rotatable bonds is 15. The Bertz CT molecular complexity index is 1350. The van der Waals surface area contributed by atoms with Crippen molar-refractivity contribution in [1.82, 2.24) is 30.4 Å². The minimum absolute atomic E-state index is 0.0518. The second kappa shape index (κ2) is 15.4. The molecule has 0 saturated carbocycles. The lowest BCUT2D eigenvalue weighted by Gasteiger charge is -2.31. The third-order valence-electron chi connectivity index (χ3n) is 7.28. The van der Waals surface area contributed by atoms with Gasteiger partial charge in [0.15, 0.2) is 0 Å². The Morgan fingerprint density at radius 3 is 2.50 bits per heavy atom. The number of aldehydes is 1. The van der Waals surface area contributed by atoms with E-state index in [-0.39, 0.29) is 31.6 Å². The van der Waals surface area contributed by atoms with Gasteiger partial charge in [0.2, 0.25) is 23.6 Å². The number of hydrogen-bond acceptors (Lipinski definition) is 9. The van der Waals surface area contributed by atoms with Gasteiger partial charge in [0.1, 0.15) is 30.2 Å². The van der Waals surface area contributed by atoms with Crippen LogP contribution in [-0.4, -0.2) is 110 Å². The van der Waals surface area contributed by atoms with Gasteiger partial charge < -0.3 is 46.2 Å². The summed E-state index contributed by atoms with van der Waals surface area (Å²) >= 11 is 0. The third kappa shape index (κ3) is 8.73. The fourth-order valence-electron chi connectivity index (χ4n) is 4.99. The van der Waals surface area contributed by atoms with Crippen molar-refractivity contribution in [3.05, 3.63) is 60.7 Å². The van der Waals surface area contributed by atoms with Crippen LogP contribution < -0.4 is 16.4 Å². The Labute approximate surface area is 253 Å². The zero-order valence-corrected chi connectivity index (χ0v) is 24.2. The molecule has 1 fully saturated rings. The van der Waals surface area contributed by atoms with Crippen molar-refractivity contribution in [2.45, 2.75) is 62.3 Å². The molecule has 0 aliphatic carbocycles. The van der Waals surface area contributed by atoms with Crippen molar-refractivity contribution in [2.75, 3.05) is 13.6 Å². The van der Waals surface area contributed by atoms with Crippen molar-refractivity contribution < 1.29 is 39.0 Å². The lowest BCUT2D eigenvalue weighted by atomic mass is 10.0. The molecule has 1 saturated heterocycles. The van der Waals surface area contributed by atoms with Gasteiger partial charge >= 0.3 is 5.97 Å². The second-order valence-corrected chi connectivity index (χ2v) is 10.5. The molecule has 1 unspecified atom stereocenters. The van der Waals surface area contributed by atoms with Crippen LogP contribution in [0.1, 0.15) is 30.5 Å². The van der Waals surface area contributed by atoms with Crippen LogP contribution in [0.3, 0.4) is 0 Å². The number of nitrogens with two attached hydrogens (primary N) is 1. The lowest BCUT2D eigenvalue weighted by Crippen LogP contribution is -2.58. The van der Waals surface area contributed by atoms with Crippen LogP contribution >= 0.6 is 0 Å². The molecular weight excluding hydrogens is 574 g/mol. The first-order chi connectivity index (χ1) is 20.9. The third-order valence-corrected chi connectivity index (χ3v) is 7.28. The monoisotopic (exact) mass is 611 g/mol. The van der Waals surface area contributed by atoms with E-state index in [2.05, 4.69) is 27.2 Å². The predicted molar refractivity (Wildman–Crippen MR) is 156 cm³/mol. The van der Waals surface area contributed by atoms with E-state index in [1.165, 1.54) is 36.6 Å². The molecule has 15 nitrogen and oxygen atoms in total. The summed E-state index contributed by atoms with van der Waals surface area (Å²) in [7, 11) is 1.33. The van der Waals surface area contributed by atoms with E-state index in [9.17, 15) is 39.0 Å². The number of carbonyl (C=O) groups excluding carboxylic acids is 5. The van der Waals surface area contributed by atoms with Gasteiger partial charge in [-0.2, -0.15) is 0 Å². The summed E-state index contributed by atoms with van der Waals surface area (Å²) in [6.45, 7) is 3.73. The number of likely N-dealkylation sites (N-methyl/N-ethyl adjacent to an activating group) is 1. The summed E-state index contributed by atoms with van der Waals surface area (Å²) in [6.07, 6.45) is 4.87. The van der Waals surface area contributed by atoms with Gasteiger partial charge in [0.05, 0.1) is 24.8 Å². The molecule has 7 N–H and O–H groups in total. The Kier molecular flexibility index (Phi) is 11.7. The summed E-state index contributed by atoms with van der Waals surface area (Å²) in [4.78, 5) is 85.1. The maximum Gasteiger partial charge on any atom is 0.305 e. The molecule has 236 valence electrons. The zero-order valence-electron chi connectivity index (χ0n) is 24.2. The number of H-pyrrole nitrogens is 1. The minimum Gasteiger partial charge on any atom is -0.508 e. The Morgan fingerprint density at radius 1 is 1.20 bits per heavy atom. The van der Waals surface area contributed by atoms with Crippen LogP contribution in [0.2, 0.25) is 0 Å². The van der Waals surface area contributed by atoms with E-state index < -0.39 is 66.2 Å². The first kappa shape index (κ1) is 33.5. The SMILES string of the molecule is C=C[C@@H](C(=O)N[C@@H](CC(=O)O)C(=O)N1CCCC1C(=O)N[C@H](C=O)Cc1cnc[nH]1)N(C)C(=O)[C@@H](N)Cc1ccc(O)cc1. The van der Waals surface area contributed by atoms with Crippen molar-refractivity contribution in [2.24, 2.45) is 5.73 Å². The average Bonchev–Trinajstić information content (AvgIpc) is 3.69. The maximum absolute atomic E-state index is 13.5. The first-order valence-electron chi connectivity index (χ1n) is 13.9. The van der Waals surface area contributed by atoms with Gasteiger partial charge in [-0.05, 0) is 37.0 Å². The fraction of sp³-hybridized carbons (Fsp3) is 0.414. The molecule has 5 atom stereocenters. The van der Waals surface area contributed by atoms with Crippen LogP contribution in [0.5, 0.6) is 5.75 Å². The Hall–Kier alpha value is -5.05. The molecule has 0 bridgehead atoms. The van der Waals surface area contributed by atoms with Crippen LogP contribution in [-0.2, 0) is 41.6 Å². The summed E-state index contributed by atoms with van der Waals surface area (Å²) in [5, 5.41) is 24.0. The van der Waals surface area contributed by atoms with Crippen LogP contribution in [0, 0.1) is 0 Å². The van der Waals surface area contributed by atoms with Gasteiger partial charge in [-0.15, -0.1) is 6.58 Å². The maximum atomic E-state index is 13.5. The summed E-state index contributed by atoms with van der Waals surface area (Å²) in [5.41, 5.74) is 7.37. The fourth-order valence-corrected chi connectivity index (χ4v) is 4.99. The van der Waals surface area contributed by atoms with Crippen molar-refractivity contribution in [3.63, 3.8) is 0 Å². The molecule has 0 radical (unpaired) electrons. The number of nitrogens with one attached hydrogen (secondary N) is 3. The smallest absolute Gasteiger partial charge is 0.305 e. The molecule has 15 heteroatoms. The van der Waals surface area contributed by atoms with Gasteiger partial charge in [-0.3, -0.25) is 24.0 Å². The number of aromatic hydroxyl groups is 1. The van der Waals surface area contributed by atoms with Crippen molar-refractivity contribution in [1.29, 1.82) is 0 Å². The zero-order chi connectivity index (χ0) is 32.4. The molecule has 1 aromatic heterocycles. The molecule has 0 spiro atoms. The van der Waals surface area contributed by atoms with E-state index in [4.69, 9.17) is 5.73 Å². The number of aromatic nitrogens is 2. The molecular formula is C29H37N7O8. The molecule has 2 heterocycles. The number of hydrogen-bond donors (Lipinski definition) is 6. The number of carboxylic acid groups (broad SMARTS) is 1. The molecule has 1 aliphatic heterocycles. The Morgan fingerprint density at radius 2 is 1.91 bits per heavy atom. The lowest BCUT2D eigenvalue weighted by molar-refractivity contribution is -0.147. The highest BCUT2D eigenvalue weighted by atomic mass is 16.4. The molecule has 1 aromatic carbocycles. The van der Waals surface area contributed by atoms with Gasteiger partial charge in [-0.1, -0.05) is 18.2 Å². The molecule has 1 aliphatic rings. The van der Waals surface area contributed by atoms with Crippen LogP contribution in [0.4, 0.5) is 0 Å². The molecule has 2 aromatic rings. The van der Waals surface area contributed by atoms with E-state index in [1.54, 1.807) is 12.1 Å². The average molecular weight is 612 g/mol. The minimum atomic E-state index is -1.56. The molecule has 3 rings (SSSR count). The van der Waals surface area contributed by atoms with Gasteiger partial charge in [-0.25, -0.2) is 4.98 Å². The van der Waals surface area contributed by atoms with Crippen molar-refractivity contribution in [3.8, 4) is 5.75 Å². The number of carboxylic acids is 1. The molecule has 4 amide bonds. The number of aliphatic carboxylic acids is 1. The highest BCUT2D eigenvalue weighted by molar-refractivity contribution is 5.97. The van der Waals surface area contributed by atoms with Crippen LogP contribution in [0.15, 0.2) is 49.4 Å². The summed E-state index contributed by atoms with van der Waals surface area (Å²) < 4.78 is 0. The second-order valence-electron chi connectivity index (χ2n) is 10.5. The Balaban J connectivity index is 1.68. The predicted octanol–water partition coefficient (Wildman–Crippen LogP) is -1.12. The number of phenols is 1. The van der Waals surface area contributed by atoms with Crippen LogP contribution in [0.25, 0.3) is 0 Å². The largest absolute Gasteiger partial charge is 0.508 e. The number of amides is 4. The number of benzene rings is 1. The van der Waals surface area contributed by atoms with E-state index in [0.29, 0.717) is 24.0 Å². The number of imidazole rings is 1. The number of phenolic OH excluding ortho intramolecular Hbond substituents is 1. The van der Waals surface area contributed by atoms with E-state index in [0.717, 1.165) is 11.0 Å². The van der Waals surface area contributed by atoms with Gasteiger partial charge in [0.25, 0.3) is 0 Å². The standard InChI is InChI=1S/C29H37N7O8/c1-3-23(35(2)28(43)21(30)11-17-6-8-20(38)9-7-17)26(41)34-22(13-25(39)40)29(44)36-10-4-5-24(36)27(42)33-19(15-37)12-18-14-31-16-32-18/h3,6-9,14-16,19,21-24,38H,1,4-5,10-13,30H2,2H3,(H,31,32)(H,33,42)(H,34,41)(H,39,40)/t19-,21-,22-,23-,24?/m0/s1. The normalized spacial score (nSPS) is 17.0. The highest BCUT2D eigenvalue weighted by Crippen LogP contribution is 2.20. The number of likely N-dealkylation sites (tertiary alicyclic amines) is 1. The summed E-state index contributed by atoms with van der Waals surface area (Å²) in [5.74, 6) is -4.19. The topological polar surface area (TPSA) is 228 Å².